The fourth-order valence-electron chi connectivity index (χ4n) is 1.54. The van der Waals surface area contributed by atoms with E-state index in [1.807, 2.05) is 38.1 Å². The van der Waals surface area contributed by atoms with Gasteiger partial charge < -0.3 is 4.74 Å². The first-order chi connectivity index (χ1) is 7.51. The topological polar surface area (TPSA) is 62.1 Å². The molecule has 84 valence electrons. The molecule has 0 aromatic heterocycles. The van der Waals surface area contributed by atoms with Crippen LogP contribution in [0.25, 0.3) is 0 Å². The van der Waals surface area contributed by atoms with E-state index < -0.39 is 5.60 Å². The molecule has 1 aromatic rings. The van der Waals surface area contributed by atoms with Crippen molar-refractivity contribution in [2.24, 2.45) is 0 Å². The molecule has 1 N–H and O–H groups in total. The molecule has 0 radical (unpaired) electrons. The molecule has 0 bridgehead atoms. The van der Waals surface area contributed by atoms with Gasteiger partial charge in [-0.25, -0.2) is 4.79 Å². The van der Waals surface area contributed by atoms with Crippen molar-refractivity contribution >= 4 is 11.8 Å². The molecule has 16 heavy (non-hydrogen) atoms. The largest absolute Gasteiger partial charge is 0.438 e. The highest BCUT2D eigenvalue weighted by atomic mass is 16.6. The molecular weight excluding hydrogens is 204 g/mol. The van der Waals surface area contributed by atoms with Crippen molar-refractivity contribution in [3.8, 4) is 6.07 Å². The third kappa shape index (κ3) is 2.51. The SMILES string of the molecule is CC#N.CC1(C)OC(=O)Nc2ccccc21. The maximum atomic E-state index is 11.1. The zero-order valence-corrected chi connectivity index (χ0v) is 9.57. The normalized spacial score (nSPS) is 15.5. The van der Waals surface area contributed by atoms with Crippen molar-refractivity contribution in [3.63, 3.8) is 0 Å². The first-order valence-corrected chi connectivity index (χ1v) is 4.91. The lowest BCUT2D eigenvalue weighted by Gasteiger charge is -2.32. The Morgan fingerprint density at radius 2 is 1.94 bits per heavy atom. The Morgan fingerprint density at radius 3 is 2.56 bits per heavy atom. The van der Waals surface area contributed by atoms with E-state index in [-0.39, 0.29) is 6.09 Å². The van der Waals surface area contributed by atoms with Crippen LogP contribution in [0.15, 0.2) is 24.3 Å². The Bertz CT molecular complexity index is 433. The lowest BCUT2D eigenvalue weighted by Crippen LogP contribution is -2.34. The number of hydrogen-bond donors (Lipinski definition) is 1. The number of fused-ring (bicyclic) bond motifs is 1. The van der Waals surface area contributed by atoms with Gasteiger partial charge in [-0.05, 0) is 19.9 Å². The number of anilines is 1. The summed E-state index contributed by atoms with van der Waals surface area (Å²) < 4.78 is 5.15. The van der Waals surface area contributed by atoms with Gasteiger partial charge in [0.05, 0.1) is 11.8 Å². The van der Waals surface area contributed by atoms with Gasteiger partial charge in [0.15, 0.2) is 0 Å². The van der Waals surface area contributed by atoms with Gasteiger partial charge >= 0.3 is 6.09 Å². The van der Waals surface area contributed by atoms with Gasteiger partial charge in [-0.3, -0.25) is 5.32 Å². The molecule has 1 aromatic carbocycles. The zero-order chi connectivity index (χ0) is 12.2. The first kappa shape index (κ1) is 12.1. The minimum atomic E-state index is -0.529. The zero-order valence-electron chi connectivity index (χ0n) is 9.57. The van der Waals surface area contributed by atoms with Gasteiger partial charge in [0.1, 0.15) is 5.60 Å². The Morgan fingerprint density at radius 1 is 1.38 bits per heavy atom. The van der Waals surface area contributed by atoms with E-state index in [4.69, 9.17) is 10.00 Å². The molecule has 0 saturated heterocycles. The second-order valence-corrected chi connectivity index (χ2v) is 3.79. The van der Waals surface area contributed by atoms with E-state index in [0.717, 1.165) is 11.3 Å². The van der Waals surface area contributed by atoms with Crippen molar-refractivity contribution in [2.45, 2.75) is 26.4 Å². The number of benzene rings is 1. The number of amides is 1. The standard InChI is InChI=1S/C10H11NO2.C2H3N/c1-10(2)7-5-3-4-6-8(7)11-9(12)13-10;1-2-3/h3-6H,1-2H3,(H,11,12);1H3. The summed E-state index contributed by atoms with van der Waals surface area (Å²) in [6.07, 6.45) is -0.385. The van der Waals surface area contributed by atoms with E-state index >= 15 is 0 Å². The number of carbonyl (C=O) groups is 1. The van der Waals surface area contributed by atoms with E-state index in [1.165, 1.54) is 6.92 Å². The summed E-state index contributed by atoms with van der Waals surface area (Å²) in [4.78, 5) is 11.1. The van der Waals surface area contributed by atoms with Crippen molar-refractivity contribution in [1.29, 1.82) is 5.26 Å². The maximum Gasteiger partial charge on any atom is 0.412 e. The van der Waals surface area contributed by atoms with E-state index in [0.29, 0.717) is 0 Å². The van der Waals surface area contributed by atoms with Gasteiger partial charge in [-0.2, -0.15) is 5.26 Å². The van der Waals surface area contributed by atoms with E-state index in [1.54, 1.807) is 6.07 Å². The number of rotatable bonds is 0. The molecule has 0 saturated carbocycles. The molecule has 4 heteroatoms. The predicted octanol–water partition coefficient (Wildman–Crippen LogP) is 3.01. The van der Waals surface area contributed by atoms with Crippen LogP contribution in [0, 0.1) is 11.3 Å². The minimum Gasteiger partial charge on any atom is -0.438 e. The van der Waals surface area contributed by atoms with Crippen LogP contribution in [0.3, 0.4) is 0 Å². The Hall–Kier alpha value is -2.02. The van der Waals surface area contributed by atoms with Crippen LogP contribution in [-0.4, -0.2) is 6.09 Å². The quantitative estimate of drug-likeness (QED) is 0.728. The smallest absolute Gasteiger partial charge is 0.412 e. The number of ether oxygens (including phenoxy) is 1. The summed E-state index contributed by atoms with van der Waals surface area (Å²) in [5.41, 5.74) is 1.32. The second-order valence-electron chi connectivity index (χ2n) is 3.79. The van der Waals surface area contributed by atoms with Crippen molar-refractivity contribution in [3.05, 3.63) is 29.8 Å². The molecule has 4 nitrogen and oxygen atoms in total. The van der Waals surface area contributed by atoms with Crippen LogP contribution in [0.2, 0.25) is 0 Å². The van der Waals surface area contributed by atoms with Crippen LogP contribution in [0.4, 0.5) is 10.5 Å². The number of hydrogen-bond acceptors (Lipinski definition) is 3. The number of cyclic esters (lactones) is 1. The molecule has 1 amide bonds. The molecule has 0 atom stereocenters. The molecule has 1 aliphatic rings. The highest BCUT2D eigenvalue weighted by Crippen LogP contribution is 2.34. The van der Waals surface area contributed by atoms with Crippen LogP contribution >= 0.6 is 0 Å². The monoisotopic (exact) mass is 218 g/mol. The lowest BCUT2D eigenvalue weighted by atomic mass is 9.95. The number of para-hydroxylation sites is 1. The second kappa shape index (κ2) is 4.67. The fraction of sp³-hybridized carbons (Fsp3) is 0.333. The Balaban J connectivity index is 0.000000386. The molecular formula is C12H14N2O2. The molecule has 1 aliphatic heterocycles. The number of nitrogens with zero attached hydrogens (tertiary/aromatic N) is 1. The first-order valence-electron chi connectivity index (χ1n) is 4.91. The Labute approximate surface area is 94.8 Å². The molecule has 0 fully saturated rings. The van der Waals surface area contributed by atoms with Gasteiger partial charge in [0.2, 0.25) is 0 Å². The van der Waals surface area contributed by atoms with Gasteiger partial charge in [-0.1, -0.05) is 18.2 Å². The summed E-state index contributed by atoms with van der Waals surface area (Å²) >= 11 is 0. The summed E-state index contributed by atoms with van der Waals surface area (Å²) in [5.74, 6) is 0. The average Bonchev–Trinajstić information content (AvgIpc) is 2.17. The molecule has 2 rings (SSSR count). The van der Waals surface area contributed by atoms with E-state index in [9.17, 15) is 4.79 Å². The van der Waals surface area contributed by atoms with Crippen LogP contribution in [-0.2, 0) is 10.3 Å². The van der Waals surface area contributed by atoms with Gasteiger partial charge in [0, 0.05) is 12.5 Å². The third-order valence-electron chi connectivity index (χ3n) is 2.16. The van der Waals surface area contributed by atoms with Crippen molar-refractivity contribution in [1.82, 2.24) is 0 Å². The highest BCUT2D eigenvalue weighted by molar-refractivity contribution is 5.88. The minimum absolute atomic E-state index is 0.385. The van der Waals surface area contributed by atoms with Crippen LogP contribution < -0.4 is 5.32 Å². The van der Waals surface area contributed by atoms with Gasteiger partial charge in [0.25, 0.3) is 0 Å². The summed E-state index contributed by atoms with van der Waals surface area (Å²) in [7, 11) is 0. The van der Waals surface area contributed by atoms with Crippen molar-refractivity contribution in [2.75, 3.05) is 5.32 Å². The number of nitrogens with one attached hydrogen (secondary N) is 1. The molecule has 1 heterocycles. The summed E-state index contributed by atoms with van der Waals surface area (Å²) in [5, 5.41) is 9.97. The predicted molar refractivity (Wildman–Crippen MR) is 60.9 cm³/mol. The Kier molecular flexibility index (Phi) is 3.51. The highest BCUT2D eigenvalue weighted by Gasteiger charge is 2.32. The van der Waals surface area contributed by atoms with E-state index in [2.05, 4.69) is 5.32 Å². The number of nitriles is 1. The molecule has 0 unspecified atom stereocenters. The fourth-order valence-corrected chi connectivity index (χ4v) is 1.54. The molecule has 0 aliphatic carbocycles. The number of carbonyl (C=O) groups excluding carboxylic acids is 1. The summed E-state index contributed by atoms with van der Waals surface area (Å²) in [6.45, 7) is 5.19. The average molecular weight is 218 g/mol. The molecule has 0 spiro atoms. The van der Waals surface area contributed by atoms with Crippen molar-refractivity contribution < 1.29 is 9.53 Å². The maximum absolute atomic E-state index is 11.1. The van der Waals surface area contributed by atoms with Gasteiger partial charge in [-0.15, -0.1) is 0 Å². The van der Waals surface area contributed by atoms with Crippen LogP contribution in [0.1, 0.15) is 26.3 Å². The lowest BCUT2D eigenvalue weighted by molar-refractivity contribution is 0.0420. The third-order valence-corrected chi connectivity index (χ3v) is 2.16. The van der Waals surface area contributed by atoms with Crippen LogP contribution in [0.5, 0.6) is 0 Å². The summed E-state index contributed by atoms with van der Waals surface area (Å²) in [6, 6.07) is 9.40.